The molecule has 152 valence electrons. The van der Waals surface area contributed by atoms with Gasteiger partial charge < -0.3 is 14.6 Å². The van der Waals surface area contributed by atoms with Gasteiger partial charge in [-0.2, -0.15) is 5.10 Å². The minimum atomic E-state index is -0.0127. The van der Waals surface area contributed by atoms with Crippen LogP contribution in [0, 0.1) is 0 Å². The first-order valence-corrected chi connectivity index (χ1v) is 10.7. The van der Waals surface area contributed by atoms with Crippen LogP contribution in [-0.4, -0.2) is 44.3 Å². The Morgan fingerprint density at radius 3 is 3.03 bits per heavy atom. The van der Waals surface area contributed by atoms with E-state index in [1.807, 2.05) is 53.3 Å². The maximum atomic E-state index is 13.4. The van der Waals surface area contributed by atoms with Crippen LogP contribution >= 0.6 is 0 Å². The molecule has 3 aromatic heterocycles. The third-order valence-corrected chi connectivity index (χ3v) is 6.49. The van der Waals surface area contributed by atoms with Crippen LogP contribution < -0.4 is 15.8 Å². The van der Waals surface area contributed by atoms with Crippen molar-refractivity contribution in [2.45, 2.75) is 37.9 Å². The molecule has 2 aliphatic heterocycles. The molecule has 2 saturated heterocycles. The highest BCUT2D eigenvalue weighted by molar-refractivity contribution is 5.93. The molecule has 2 fully saturated rings. The molecule has 4 aromatic rings. The number of aryl methyl sites for hydroxylation is 2. The van der Waals surface area contributed by atoms with Gasteiger partial charge in [-0.05, 0) is 37.6 Å². The normalized spacial score (nSPS) is 21.0. The van der Waals surface area contributed by atoms with Gasteiger partial charge in [-0.25, -0.2) is 9.67 Å². The van der Waals surface area contributed by atoms with Crippen LogP contribution in [0.25, 0.3) is 16.4 Å². The average molecular weight is 400 g/mol. The van der Waals surface area contributed by atoms with Crippen LogP contribution in [0.1, 0.15) is 18.5 Å². The standard InChI is InChI=1S/C23H24N6O/c30-23-22-16(4-3-5-20(22)28-15-18-12-19(28)7-9-24-18)13-25-29(23)11-8-17-14-27-10-2-1-6-21(27)26-17/h1-6,10,13-14,18-19,24H,7-9,11-12,15H2. The van der Waals surface area contributed by atoms with E-state index in [0.29, 0.717) is 25.0 Å². The third-order valence-electron chi connectivity index (χ3n) is 6.49. The maximum absolute atomic E-state index is 13.4. The second-order valence-electron chi connectivity index (χ2n) is 8.34. The lowest BCUT2D eigenvalue weighted by Gasteiger charge is -2.27. The predicted octanol–water partition coefficient (Wildman–Crippen LogP) is 2.23. The molecule has 0 saturated carbocycles. The van der Waals surface area contributed by atoms with Crippen molar-refractivity contribution in [1.29, 1.82) is 0 Å². The molecular formula is C23H24N6O. The van der Waals surface area contributed by atoms with Crippen molar-refractivity contribution in [3.05, 3.63) is 71.0 Å². The Kier molecular flexibility index (Phi) is 4.09. The Hall–Kier alpha value is -3.19. The van der Waals surface area contributed by atoms with E-state index >= 15 is 0 Å². The van der Waals surface area contributed by atoms with Gasteiger partial charge in [0.2, 0.25) is 0 Å². The van der Waals surface area contributed by atoms with Crippen molar-refractivity contribution in [3.63, 3.8) is 0 Å². The molecule has 2 bridgehead atoms. The molecule has 1 N–H and O–H groups in total. The molecule has 2 atom stereocenters. The van der Waals surface area contributed by atoms with Crippen LogP contribution in [-0.2, 0) is 13.0 Å². The van der Waals surface area contributed by atoms with E-state index < -0.39 is 0 Å². The SMILES string of the molecule is O=c1c2c(N3CC4CC3CCN4)cccc2cnn1CCc1cn2ccccc2n1. The number of rotatable bonds is 4. The number of hydrogen-bond donors (Lipinski definition) is 1. The average Bonchev–Trinajstić information content (AvgIpc) is 3.32. The number of nitrogens with one attached hydrogen (secondary N) is 1. The van der Waals surface area contributed by atoms with Gasteiger partial charge in [0, 0.05) is 42.8 Å². The molecule has 0 radical (unpaired) electrons. The molecule has 0 aliphatic carbocycles. The van der Waals surface area contributed by atoms with Gasteiger partial charge in [0.25, 0.3) is 5.56 Å². The summed E-state index contributed by atoms with van der Waals surface area (Å²) < 4.78 is 3.60. The summed E-state index contributed by atoms with van der Waals surface area (Å²) in [5, 5.41) is 9.74. The number of benzene rings is 1. The van der Waals surface area contributed by atoms with Crippen molar-refractivity contribution < 1.29 is 0 Å². The van der Waals surface area contributed by atoms with Gasteiger partial charge in [0.15, 0.2) is 0 Å². The molecule has 2 aliphatic rings. The van der Waals surface area contributed by atoms with E-state index in [1.165, 1.54) is 0 Å². The maximum Gasteiger partial charge on any atom is 0.276 e. The second-order valence-corrected chi connectivity index (χ2v) is 8.34. The zero-order chi connectivity index (χ0) is 20.1. The molecule has 1 aromatic carbocycles. The molecule has 5 heterocycles. The molecule has 7 heteroatoms. The lowest BCUT2D eigenvalue weighted by atomic mass is 10.0. The fraction of sp³-hybridized carbons (Fsp3) is 0.348. The number of hydrogen-bond acceptors (Lipinski definition) is 5. The number of anilines is 1. The fourth-order valence-corrected chi connectivity index (χ4v) is 5.03. The van der Waals surface area contributed by atoms with Gasteiger partial charge in [0.05, 0.1) is 29.5 Å². The fourth-order valence-electron chi connectivity index (χ4n) is 5.03. The van der Waals surface area contributed by atoms with E-state index in [0.717, 1.165) is 53.7 Å². The molecule has 30 heavy (non-hydrogen) atoms. The van der Waals surface area contributed by atoms with Gasteiger partial charge >= 0.3 is 0 Å². The van der Waals surface area contributed by atoms with Crippen molar-refractivity contribution in [3.8, 4) is 0 Å². The van der Waals surface area contributed by atoms with Crippen LogP contribution in [0.4, 0.5) is 5.69 Å². The lowest BCUT2D eigenvalue weighted by molar-refractivity contribution is 0.449. The Bertz CT molecular complexity index is 1260. The first kappa shape index (κ1) is 17.7. The number of aromatic nitrogens is 4. The molecule has 7 nitrogen and oxygen atoms in total. The molecule has 0 amide bonds. The molecule has 2 unspecified atom stereocenters. The molecule has 6 rings (SSSR count). The van der Waals surface area contributed by atoms with Crippen LogP contribution in [0.3, 0.4) is 0 Å². The summed E-state index contributed by atoms with van der Waals surface area (Å²) in [4.78, 5) is 20.5. The van der Waals surface area contributed by atoms with Crippen LogP contribution in [0.15, 0.2) is 59.8 Å². The van der Waals surface area contributed by atoms with Gasteiger partial charge in [-0.15, -0.1) is 0 Å². The first-order chi connectivity index (χ1) is 14.8. The summed E-state index contributed by atoms with van der Waals surface area (Å²) in [5.41, 5.74) is 2.92. The topological polar surface area (TPSA) is 67.5 Å². The quantitative estimate of drug-likeness (QED) is 0.569. The third kappa shape index (κ3) is 2.89. The highest BCUT2D eigenvalue weighted by Gasteiger charge is 2.35. The summed E-state index contributed by atoms with van der Waals surface area (Å²) in [7, 11) is 0. The minimum absolute atomic E-state index is 0.0127. The Labute approximate surface area is 174 Å². The summed E-state index contributed by atoms with van der Waals surface area (Å²) in [6.07, 6.45) is 8.78. The predicted molar refractivity (Wildman–Crippen MR) is 117 cm³/mol. The van der Waals surface area contributed by atoms with Crippen molar-refractivity contribution in [2.75, 3.05) is 18.0 Å². The Morgan fingerprint density at radius 2 is 2.13 bits per heavy atom. The van der Waals surface area contributed by atoms with E-state index in [2.05, 4.69) is 26.4 Å². The Balaban J connectivity index is 1.34. The molecule has 0 spiro atoms. The second kappa shape index (κ2) is 6.95. The smallest absolute Gasteiger partial charge is 0.276 e. The van der Waals surface area contributed by atoms with Crippen molar-refractivity contribution in [1.82, 2.24) is 24.5 Å². The van der Waals surface area contributed by atoms with E-state index in [1.54, 1.807) is 4.68 Å². The van der Waals surface area contributed by atoms with Crippen LogP contribution in [0.2, 0.25) is 0 Å². The number of fused-ring (bicyclic) bond motifs is 4. The number of imidazole rings is 1. The Morgan fingerprint density at radius 1 is 1.17 bits per heavy atom. The lowest BCUT2D eigenvalue weighted by Crippen LogP contribution is -2.35. The first-order valence-electron chi connectivity index (χ1n) is 10.7. The molecular weight excluding hydrogens is 376 g/mol. The van der Waals surface area contributed by atoms with E-state index in [-0.39, 0.29) is 5.56 Å². The van der Waals surface area contributed by atoms with Crippen molar-refractivity contribution >= 4 is 22.1 Å². The van der Waals surface area contributed by atoms with E-state index in [9.17, 15) is 4.79 Å². The number of piperidine rings is 1. The summed E-state index contributed by atoms with van der Waals surface area (Å²) in [6.45, 7) is 2.54. The van der Waals surface area contributed by atoms with Gasteiger partial charge in [0.1, 0.15) is 5.65 Å². The number of pyridine rings is 1. The summed E-state index contributed by atoms with van der Waals surface area (Å²) in [6, 6.07) is 13.1. The van der Waals surface area contributed by atoms with Crippen LogP contribution in [0.5, 0.6) is 0 Å². The summed E-state index contributed by atoms with van der Waals surface area (Å²) >= 11 is 0. The number of nitrogens with zero attached hydrogens (tertiary/aromatic N) is 5. The monoisotopic (exact) mass is 400 g/mol. The highest BCUT2D eigenvalue weighted by Crippen LogP contribution is 2.33. The zero-order valence-electron chi connectivity index (χ0n) is 16.7. The minimum Gasteiger partial charge on any atom is -0.366 e. The summed E-state index contributed by atoms with van der Waals surface area (Å²) in [5.74, 6) is 0. The van der Waals surface area contributed by atoms with Gasteiger partial charge in [-0.3, -0.25) is 4.79 Å². The van der Waals surface area contributed by atoms with Crippen molar-refractivity contribution in [2.24, 2.45) is 0 Å². The van der Waals surface area contributed by atoms with E-state index in [4.69, 9.17) is 0 Å². The highest BCUT2D eigenvalue weighted by atomic mass is 16.1. The zero-order valence-corrected chi connectivity index (χ0v) is 16.7. The largest absolute Gasteiger partial charge is 0.366 e. The van der Waals surface area contributed by atoms with Gasteiger partial charge in [-0.1, -0.05) is 18.2 Å².